The molecule has 0 spiro atoms. The van der Waals surface area contributed by atoms with E-state index in [2.05, 4.69) is 21.2 Å². The second-order valence-electron chi connectivity index (χ2n) is 6.24. The fourth-order valence-electron chi connectivity index (χ4n) is 2.76. The van der Waals surface area contributed by atoms with E-state index in [1.807, 2.05) is 74.5 Å². The van der Waals surface area contributed by atoms with Crippen LogP contribution in [0.15, 0.2) is 71.2 Å². The Morgan fingerprint density at radius 1 is 0.964 bits per heavy atom. The molecule has 0 fully saturated rings. The summed E-state index contributed by atoms with van der Waals surface area (Å²) in [4.78, 5) is 12.7. The van der Waals surface area contributed by atoms with Gasteiger partial charge < -0.3 is 14.8 Å². The number of rotatable bonds is 7. The molecule has 3 aromatic rings. The van der Waals surface area contributed by atoms with Crippen LogP contribution in [-0.4, -0.2) is 12.5 Å². The maximum Gasteiger partial charge on any atom is 0.255 e. The Morgan fingerprint density at radius 2 is 1.71 bits per heavy atom. The van der Waals surface area contributed by atoms with Gasteiger partial charge in [0.2, 0.25) is 0 Å². The van der Waals surface area contributed by atoms with Crippen molar-refractivity contribution in [2.24, 2.45) is 0 Å². The lowest BCUT2D eigenvalue weighted by Crippen LogP contribution is -2.13. The number of aryl methyl sites for hydroxylation is 1. The van der Waals surface area contributed by atoms with E-state index in [1.165, 1.54) is 0 Å². The van der Waals surface area contributed by atoms with Gasteiger partial charge in [0.1, 0.15) is 18.1 Å². The molecule has 1 N–H and O–H groups in total. The van der Waals surface area contributed by atoms with Gasteiger partial charge in [-0.2, -0.15) is 0 Å². The van der Waals surface area contributed by atoms with E-state index in [9.17, 15) is 4.79 Å². The van der Waals surface area contributed by atoms with Crippen molar-refractivity contribution in [3.63, 3.8) is 0 Å². The van der Waals surface area contributed by atoms with Gasteiger partial charge in [0.05, 0.1) is 12.3 Å². The van der Waals surface area contributed by atoms with Gasteiger partial charge in [0, 0.05) is 15.6 Å². The Hall–Kier alpha value is -2.79. The van der Waals surface area contributed by atoms with Gasteiger partial charge in [0.25, 0.3) is 5.91 Å². The van der Waals surface area contributed by atoms with E-state index in [4.69, 9.17) is 9.47 Å². The minimum atomic E-state index is -0.188. The van der Waals surface area contributed by atoms with Gasteiger partial charge in [-0.05, 0) is 71.7 Å². The summed E-state index contributed by atoms with van der Waals surface area (Å²) >= 11 is 3.45. The predicted molar refractivity (Wildman–Crippen MR) is 115 cm³/mol. The highest BCUT2D eigenvalue weighted by Gasteiger charge is 2.13. The molecule has 144 valence electrons. The highest BCUT2D eigenvalue weighted by molar-refractivity contribution is 9.10. The normalized spacial score (nSPS) is 10.4. The number of ether oxygens (including phenoxy) is 2. The van der Waals surface area contributed by atoms with E-state index in [-0.39, 0.29) is 5.91 Å². The molecular formula is C23H22BrNO3. The van der Waals surface area contributed by atoms with Crippen molar-refractivity contribution >= 4 is 27.5 Å². The summed E-state index contributed by atoms with van der Waals surface area (Å²) in [7, 11) is 0. The van der Waals surface area contributed by atoms with Gasteiger partial charge in [-0.15, -0.1) is 0 Å². The molecule has 0 heterocycles. The smallest absolute Gasteiger partial charge is 0.255 e. The molecular weight excluding hydrogens is 418 g/mol. The summed E-state index contributed by atoms with van der Waals surface area (Å²) < 4.78 is 12.5. The van der Waals surface area contributed by atoms with Crippen molar-refractivity contribution in [2.75, 3.05) is 11.9 Å². The predicted octanol–water partition coefficient (Wildman–Crippen LogP) is 5.99. The number of carbonyl (C=O) groups is 1. The van der Waals surface area contributed by atoms with Gasteiger partial charge in [-0.3, -0.25) is 4.79 Å². The van der Waals surface area contributed by atoms with E-state index in [0.29, 0.717) is 24.5 Å². The molecule has 0 saturated heterocycles. The van der Waals surface area contributed by atoms with Gasteiger partial charge in [-0.25, -0.2) is 0 Å². The Labute approximate surface area is 173 Å². The highest BCUT2D eigenvalue weighted by atomic mass is 79.9. The lowest BCUT2D eigenvalue weighted by Gasteiger charge is -2.14. The number of hydrogen-bond donors (Lipinski definition) is 1. The first-order chi connectivity index (χ1) is 13.6. The zero-order valence-electron chi connectivity index (χ0n) is 15.9. The van der Waals surface area contributed by atoms with Crippen molar-refractivity contribution in [3.05, 3.63) is 87.9 Å². The minimum absolute atomic E-state index is 0.188. The molecule has 0 aliphatic heterocycles. The lowest BCUT2D eigenvalue weighted by atomic mass is 10.1. The molecule has 4 nitrogen and oxygen atoms in total. The van der Waals surface area contributed by atoms with E-state index in [0.717, 1.165) is 27.0 Å². The van der Waals surface area contributed by atoms with Crippen LogP contribution in [0.5, 0.6) is 11.5 Å². The van der Waals surface area contributed by atoms with E-state index < -0.39 is 0 Å². The third-order valence-corrected chi connectivity index (χ3v) is 4.91. The summed E-state index contributed by atoms with van der Waals surface area (Å²) in [5, 5.41) is 2.92. The van der Waals surface area contributed by atoms with Crippen LogP contribution < -0.4 is 14.8 Å². The van der Waals surface area contributed by atoms with Crippen LogP contribution >= 0.6 is 15.9 Å². The maximum atomic E-state index is 12.7. The van der Waals surface area contributed by atoms with Crippen LogP contribution in [0.3, 0.4) is 0 Å². The summed E-state index contributed by atoms with van der Waals surface area (Å²) in [6.07, 6.45) is 0. The Bertz CT molecular complexity index is 972. The molecule has 28 heavy (non-hydrogen) atoms. The molecule has 0 bridgehead atoms. The van der Waals surface area contributed by atoms with Crippen LogP contribution in [0, 0.1) is 6.92 Å². The quantitative estimate of drug-likeness (QED) is 0.491. The number of hydrogen-bond acceptors (Lipinski definition) is 3. The first-order valence-corrected chi connectivity index (χ1v) is 9.88. The van der Waals surface area contributed by atoms with Crippen LogP contribution in [-0.2, 0) is 6.61 Å². The SMILES string of the molecule is CCOc1ccc(C(=O)Nc2ccccc2Br)cc1COc1ccccc1C. The zero-order valence-corrected chi connectivity index (χ0v) is 17.5. The Morgan fingerprint density at radius 3 is 2.46 bits per heavy atom. The molecule has 0 saturated carbocycles. The molecule has 3 aromatic carbocycles. The topological polar surface area (TPSA) is 47.6 Å². The summed E-state index contributed by atoms with van der Waals surface area (Å²) in [6.45, 7) is 4.79. The van der Waals surface area contributed by atoms with Crippen molar-refractivity contribution in [2.45, 2.75) is 20.5 Å². The average Bonchev–Trinajstić information content (AvgIpc) is 2.70. The second kappa shape index (κ2) is 9.42. The number of nitrogens with one attached hydrogen (secondary N) is 1. The van der Waals surface area contributed by atoms with Crippen LogP contribution in [0.25, 0.3) is 0 Å². The first-order valence-electron chi connectivity index (χ1n) is 9.08. The first kappa shape index (κ1) is 20.0. The second-order valence-corrected chi connectivity index (χ2v) is 7.10. The number of halogens is 1. The zero-order chi connectivity index (χ0) is 19.9. The highest BCUT2D eigenvalue weighted by Crippen LogP contribution is 2.26. The van der Waals surface area contributed by atoms with Gasteiger partial charge >= 0.3 is 0 Å². The molecule has 0 atom stereocenters. The molecule has 0 aromatic heterocycles. The third kappa shape index (κ3) is 4.93. The third-order valence-electron chi connectivity index (χ3n) is 4.22. The van der Waals surface area contributed by atoms with Crippen molar-refractivity contribution in [3.8, 4) is 11.5 Å². The standard InChI is InChI=1S/C23H22BrNO3/c1-3-27-22-13-12-17(23(26)25-20-10-6-5-9-19(20)24)14-18(22)15-28-21-11-7-4-8-16(21)2/h4-14H,3,15H2,1-2H3,(H,25,26). The average molecular weight is 440 g/mol. The monoisotopic (exact) mass is 439 g/mol. The largest absolute Gasteiger partial charge is 0.493 e. The van der Waals surface area contributed by atoms with Crippen LogP contribution in [0.2, 0.25) is 0 Å². The molecule has 5 heteroatoms. The number of benzene rings is 3. The summed E-state index contributed by atoms with van der Waals surface area (Å²) in [6, 6.07) is 20.7. The molecule has 0 radical (unpaired) electrons. The fraction of sp³-hybridized carbons (Fsp3) is 0.174. The summed E-state index contributed by atoms with van der Waals surface area (Å²) in [5.74, 6) is 1.34. The molecule has 3 rings (SSSR count). The van der Waals surface area contributed by atoms with Crippen LogP contribution in [0.4, 0.5) is 5.69 Å². The molecule has 1 amide bonds. The number of amides is 1. The van der Waals surface area contributed by atoms with Gasteiger partial charge in [-0.1, -0.05) is 30.3 Å². The van der Waals surface area contributed by atoms with Crippen LogP contribution in [0.1, 0.15) is 28.4 Å². The lowest BCUT2D eigenvalue weighted by molar-refractivity contribution is 0.102. The Kier molecular flexibility index (Phi) is 6.71. The molecule has 0 aliphatic rings. The van der Waals surface area contributed by atoms with Crippen molar-refractivity contribution in [1.29, 1.82) is 0 Å². The van der Waals surface area contributed by atoms with Crippen molar-refractivity contribution < 1.29 is 14.3 Å². The van der Waals surface area contributed by atoms with Gasteiger partial charge in [0.15, 0.2) is 0 Å². The summed E-state index contributed by atoms with van der Waals surface area (Å²) in [5.41, 5.74) is 3.15. The number of anilines is 1. The minimum Gasteiger partial charge on any atom is -0.493 e. The number of para-hydroxylation sites is 2. The van der Waals surface area contributed by atoms with E-state index in [1.54, 1.807) is 6.07 Å². The van der Waals surface area contributed by atoms with Crippen molar-refractivity contribution in [1.82, 2.24) is 0 Å². The number of carbonyl (C=O) groups excluding carboxylic acids is 1. The fourth-order valence-corrected chi connectivity index (χ4v) is 3.14. The molecule has 0 unspecified atom stereocenters. The van der Waals surface area contributed by atoms with E-state index >= 15 is 0 Å². The Balaban J connectivity index is 1.81. The molecule has 0 aliphatic carbocycles. The maximum absolute atomic E-state index is 12.7.